The molecule has 0 aliphatic carbocycles. The number of hydrogen-bond acceptors (Lipinski definition) is 4. The third-order valence-electron chi connectivity index (χ3n) is 3.19. The molecule has 4 nitrogen and oxygen atoms in total. The van der Waals surface area contributed by atoms with Crippen LogP contribution in [0.2, 0.25) is 18.1 Å². The minimum Gasteiger partial charge on any atom is -0.508 e. The molecule has 5 heteroatoms. The molecule has 0 bridgehead atoms. The van der Waals surface area contributed by atoms with Gasteiger partial charge in [-0.25, -0.2) is 4.79 Å². The highest BCUT2D eigenvalue weighted by molar-refractivity contribution is 6.74. The lowest BCUT2D eigenvalue weighted by Gasteiger charge is -2.35. The summed E-state index contributed by atoms with van der Waals surface area (Å²) in [4.78, 5) is 11.1. The number of rotatable bonds is 3. The fourth-order valence-electron chi connectivity index (χ4n) is 1.05. The predicted octanol–water partition coefficient (Wildman–Crippen LogP) is 2.87. The van der Waals surface area contributed by atoms with Crippen molar-refractivity contribution in [3.63, 3.8) is 0 Å². The first kappa shape index (κ1) is 14.0. The SMILES string of the molecule is CC(C)(C)[Si](C)(C)OCc1cc(O)cc(=O)o1. The van der Waals surface area contributed by atoms with E-state index in [1.54, 1.807) is 0 Å². The maximum absolute atomic E-state index is 11.1. The van der Waals surface area contributed by atoms with Gasteiger partial charge in [-0.3, -0.25) is 0 Å². The maximum atomic E-state index is 11.1. The quantitative estimate of drug-likeness (QED) is 0.845. The molecule has 0 fully saturated rings. The van der Waals surface area contributed by atoms with E-state index in [0.29, 0.717) is 5.76 Å². The third-order valence-corrected chi connectivity index (χ3v) is 7.67. The van der Waals surface area contributed by atoms with Crippen LogP contribution in [0.5, 0.6) is 5.75 Å². The minimum atomic E-state index is -1.87. The van der Waals surface area contributed by atoms with Crippen LogP contribution in [0, 0.1) is 0 Å². The average molecular weight is 256 g/mol. The van der Waals surface area contributed by atoms with Gasteiger partial charge < -0.3 is 13.9 Å². The van der Waals surface area contributed by atoms with Gasteiger partial charge in [-0.15, -0.1) is 0 Å². The van der Waals surface area contributed by atoms with Crippen molar-refractivity contribution in [2.24, 2.45) is 0 Å². The van der Waals surface area contributed by atoms with Crippen molar-refractivity contribution in [2.45, 2.75) is 45.5 Å². The summed E-state index contributed by atoms with van der Waals surface area (Å²) in [5.41, 5.74) is -0.557. The van der Waals surface area contributed by atoms with E-state index < -0.39 is 13.9 Å². The first-order chi connectivity index (χ1) is 7.62. The molecule has 0 saturated carbocycles. The Kier molecular flexibility index (Phi) is 3.83. The lowest BCUT2D eigenvalue weighted by Crippen LogP contribution is -2.40. The molecule has 0 aromatic carbocycles. The molecular formula is C12H20O4Si. The fraction of sp³-hybridized carbons (Fsp3) is 0.583. The van der Waals surface area contributed by atoms with Crippen molar-refractivity contribution < 1.29 is 13.9 Å². The van der Waals surface area contributed by atoms with E-state index in [0.717, 1.165) is 6.07 Å². The zero-order valence-corrected chi connectivity index (χ0v) is 12.0. The molecule has 1 N–H and O–H groups in total. The van der Waals surface area contributed by atoms with Gasteiger partial charge in [0.1, 0.15) is 11.5 Å². The summed E-state index contributed by atoms with van der Waals surface area (Å²) < 4.78 is 10.8. The zero-order valence-electron chi connectivity index (χ0n) is 11.0. The van der Waals surface area contributed by atoms with Crippen LogP contribution in [0.15, 0.2) is 21.3 Å². The topological polar surface area (TPSA) is 59.7 Å². The summed E-state index contributed by atoms with van der Waals surface area (Å²) in [5.74, 6) is 0.273. The van der Waals surface area contributed by atoms with Gasteiger partial charge in [0, 0.05) is 6.07 Å². The molecule has 0 aliphatic rings. The molecule has 1 aromatic rings. The molecular weight excluding hydrogens is 236 g/mol. The monoisotopic (exact) mass is 256 g/mol. The molecule has 96 valence electrons. The molecule has 1 aromatic heterocycles. The smallest absolute Gasteiger partial charge is 0.339 e. The molecule has 1 rings (SSSR count). The largest absolute Gasteiger partial charge is 0.508 e. The first-order valence-corrected chi connectivity index (χ1v) is 8.50. The Morgan fingerprint density at radius 2 is 1.94 bits per heavy atom. The molecule has 0 radical (unpaired) electrons. The minimum absolute atomic E-state index is 0.0879. The Balaban J connectivity index is 2.77. The van der Waals surface area contributed by atoms with Gasteiger partial charge in [0.25, 0.3) is 0 Å². The molecule has 1 heterocycles. The Morgan fingerprint density at radius 3 is 2.41 bits per heavy atom. The Labute approximate surface area is 102 Å². The molecule has 17 heavy (non-hydrogen) atoms. The van der Waals surface area contributed by atoms with Crippen molar-refractivity contribution in [1.29, 1.82) is 0 Å². The van der Waals surface area contributed by atoms with E-state index in [2.05, 4.69) is 33.9 Å². The normalized spacial score (nSPS) is 12.8. The zero-order chi connectivity index (χ0) is 13.3. The van der Waals surface area contributed by atoms with E-state index in [-0.39, 0.29) is 17.4 Å². The van der Waals surface area contributed by atoms with Crippen LogP contribution < -0.4 is 5.63 Å². The van der Waals surface area contributed by atoms with E-state index in [9.17, 15) is 9.90 Å². The standard InChI is InChI=1S/C12H20O4Si/c1-12(2,3)17(4,5)15-8-10-6-9(13)7-11(14)16-10/h6-7,13H,8H2,1-5H3. The van der Waals surface area contributed by atoms with Crippen LogP contribution in [-0.4, -0.2) is 13.4 Å². The molecule has 0 saturated heterocycles. The third kappa shape index (κ3) is 3.71. The van der Waals surface area contributed by atoms with Crippen molar-refractivity contribution in [1.82, 2.24) is 0 Å². The van der Waals surface area contributed by atoms with E-state index in [4.69, 9.17) is 8.84 Å². The summed E-state index contributed by atoms with van der Waals surface area (Å²) in [6.45, 7) is 10.9. The summed E-state index contributed by atoms with van der Waals surface area (Å²) in [5, 5.41) is 9.38. The van der Waals surface area contributed by atoms with Crippen LogP contribution in [0.4, 0.5) is 0 Å². The molecule has 0 atom stereocenters. The Hall–Kier alpha value is -1.07. The summed E-state index contributed by atoms with van der Waals surface area (Å²) in [7, 11) is -1.87. The van der Waals surface area contributed by atoms with Crippen molar-refractivity contribution in [3.8, 4) is 5.75 Å². The lowest BCUT2D eigenvalue weighted by molar-refractivity contribution is 0.238. The summed E-state index contributed by atoms with van der Waals surface area (Å²) in [6.07, 6.45) is 0. The number of aromatic hydroxyl groups is 1. The van der Waals surface area contributed by atoms with Crippen LogP contribution in [0.3, 0.4) is 0 Å². The Bertz CT molecular complexity index is 443. The van der Waals surface area contributed by atoms with Gasteiger partial charge in [-0.1, -0.05) is 20.8 Å². The first-order valence-electron chi connectivity index (χ1n) is 5.59. The second-order valence-corrected chi connectivity index (χ2v) is 10.5. The second-order valence-electron chi connectivity index (χ2n) is 5.65. The van der Waals surface area contributed by atoms with Gasteiger partial charge in [0.2, 0.25) is 0 Å². The van der Waals surface area contributed by atoms with Crippen LogP contribution >= 0.6 is 0 Å². The van der Waals surface area contributed by atoms with Crippen molar-refractivity contribution >= 4 is 8.32 Å². The molecule has 0 unspecified atom stereocenters. The highest BCUT2D eigenvalue weighted by Gasteiger charge is 2.37. The van der Waals surface area contributed by atoms with E-state index in [1.165, 1.54) is 6.07 Å². The highest BCUT2D eigenvalue weighted by atomic mass is 28.4. The van der Waals surface area contributed by atoms with Crippen molar-refractivity contribution in [2.75, 3.05) is 0 Å². The van der Waals surface area contributed by atoms with Gasteiger partial charge in [0.15, 0.2) is 8.32 Å². The van der Waals surface area contributed by atoms with Crippen LogP contribution in [-0.2, 0) is 11.0 Å². The maximum Gasteiger partial charge on any atom is 0.339 e. The van der Waals surface area contributed by atoms with Crippen LogP contribution in [0.25, 0.3) is 0 Å². The highest BCUT2D eigenvalue weighted by Crippen LogP contribution is 2.37. The van der Waals surface area contributed by atoms with E-state index in [1.807, 2.05) is 0 Å². The molecule has 0 aliphatic heterocycles. The molecule has 0 spiro atoms. The van der Waals surface area contributed by atoms with Gasteiger partial charge in [-0.2, -0.15) is 0 Å². The predicted molar refractivity (Wildman–Crippen MR) is 68.6 cm³/mol. The second kappa shape index (κ2) is 4.66. The molecule has 0 amide bonds. The van der Waals surface area contributed by atoms with E-state index >= 15 is 0 Å². The van der Waals surface area contributed by atoms with Gasteiger partial charge >= 0.3 is 5.63 Å². The average Bonchev–Trinajstić information content (AvgIpc) is 2.11. The summed E-state index contributed by atoms with van der Waals surface area (Å²) in [6, 6.07) is 2.45. The van der Waals surface area contributed by atoms with Crippen molar-refractivity contribution in [3.05, 3.63) is 28.3 Å². The lowest BCUT2D eigenvalue weighted by atomic mass is 10.2. The van der Waals surface area contributed by atoms with Gasteiger partial charge in [0.05, 0.1) is 12.7 Å². The van der Waals surface area contributed by atoms with Gasteiger partial charge in [-0.05, 0) is 18.1 Å². The fourth-order valence-corrected chi connectivity index (χ4v) is 1.99. The number of hydrogen-bond donors (Lipinski definition) is 1. The Morgan fingerprint density at radius 1 is 1.35 bits per heavy atom. The summed E-state index contributed by atoms with van der Waals surface area (Å²) >= 11 is 0. The van der Waals surface area contributed by atoms with Crippen LogP contribution in [0.1, 0.15) is 26.5 Å².